The first-order valence-corrected chi connectivity index (χ1v) is 13.1. The first kappa shape index (κ1) is 25.8. The highest BCUT2D eigenvalue weighted by atomic mass is 35.5. The van der Waals surface area contributed by atoms with Crippen molar-refractivity contribution in [2.45, 2.75) is 20.3 Å². The summed E-state index contributed by atoms with van der Waals surface area (Å²) >= 11 is 7.04. The number of nitrogens with zero attached hydrogens (tertiary/aromatic N) is 1. The summed E-state index contributed by atoms with van der Waals surface area (Å²) in [6, 6.07) is 37.7. The van der Waals surface area contributed by atoms with Gasteiger partial charge in [0.25, 0.3) is 0 Å². The maximum atomic E-state index is 7.04. The molecule has 184 valence electrons. The van der Waals surface area contributed by atoms with Crippen molar-refractivity contribution in [2.75, 3.05) is 26.2 Å². The normalized spacial score (nSPS) is 11.9. The van der Waals surface area contributed by atoms with E-state index in [1.54, 1.807) is 0 Å². The Morgan fingerprint density at radius 2 is 1.17 bits per heavy atom. The number of ether oxygens (including phenoxy) is 1. The highest BCUT2D eigenvalue weighted by Crippen LogP contribution is 2.35. The van der Waals surface area contributed by atoms with E-state index in [1.165, 1.54) is 11.1 Å². The van der Waals surface area contributed by atoms with Crippen LogP contribution in [0.2, 0.25) is 0 Å². The first-order valence-electron chi connectivity index (χ1n) is 12.7. The van der Waals surface area contributed by atoms with Crippen molar-refractivity contribution < 1.29 is 4.74 Å². The zero-order valence-electron chi connectivity index (χ0n) is 21.2. The van der Waals surface area contributed by atoms with E-state index >= 15 is 0 Å². The van der Waals surface area contributed by atoms with Crippen LogP contribution < -0.4 is 4.74 Å². The Labute approximate surface area is 220 Å². The summed E-state index contributed by atoms with van der Waals surface area (Å²) < 4.78 is 6.01. The van der Waals surface area contributed by atoms with Gasteiger partial charge in [0.1, 0.15) is 12.4 Å². The third-order valence-corrected chi connectivity index (χ3v) is 6.86. The minimum atomic E-state index is 0.678. The molecule has 2 nitrogen and oxygen atoms in total. The van der Waals surface area contributed by atoms with Crippen molar-refractivity contribution in [1.29, 1.82) is 0 Å². The maximum absolute atomic E-state index is 7.04. The minimum Gasteiger partial charge on any atom is -0.492 e. The average Bonchev–Trinajstić information content (AvgIpc) is 2.94. The van der Waals surface area contributed by atoms with Crippen molar-refractivity contribution in [3.05, 3.63) is 137 Å². The number of likely N-dealkylation sites (N-methyl/N-ethyl adjacent to an activating group) is 1. The van der Waals surface area contributed by atoms with Crippen LogP contribution in [0.25, 0.3) is 10.6 Å². The van der Waals surface area contributed by atoms with Crippen LogP contribution in [0.3, 0.4) is 0 Å². The largest absolute Gasteiger partial charge is 0.492 e. The number of hydrogen-bond donors (Lipinski definition) is 0. The molecule has 0 atom stereocenters. The van der Waals surface area contributed by atoms with Crippen LogP contribution in [0.15, 0.2) is 109 Å². The topological polar surface area (TPSA) is 12.5 Å². The molecule has 36 heavy (non-hydrogen) atoms. The van der Waals surface area contributed by atoms with Crippen LogP contribution in [0.1, 0.15) is 41.7 Å². The Bertz CT molecular complexity index is 1230. The second-order valence-corrected chi connectivity index (χ2v) is 9.19. The fourth-order valence-corrected chi connectivity index (χ4v) is 4.66. The van der Waals surface area contributed by atoms with E-state index < -0.39 is 0 Å². The van der Waals surface area contributed by atoms with Crippen LogP contribution >= 0.6 is 11.6 Å². The third kappa shape index (κ3) is 6.87. The zero-order valence-corrected chi connectivity index (χ0v) is 21.9. The Kier molecular flexibility index (Phi) is 9.38. The van der Waals surface area contributed by atoms with E-state index in [1.807, 2.05) is 30.3 Å². The lowest BCUT2D eigenvalue weighted by atomic mass is 9.93. The van der Waals surface area contributed by atoms with Crippen molar-refractivity contribution in [3.63, 3.8) is 0 Å². The molecule has 0 fully saturated rings. The molecule has 4 aromatic carbocycles. The van der Waals surface area contributed by atoms with Crippen molar-refractivity contribution in [2.24, 2.45) is 0 Å². The van der Waals surface area contributed by atoms with Gasteiger partial charge in [0.2, 0.25) is 0 Å². The molecule has 3 heteroatoms. The van der Waals surface area contributed by atoms with Crippen LogP contribution in [0, 0.1) is 0 Å². The van der Waals surface area contributed by atoms with Crippen LogP contribution in [0.4, 0.5) is 0 Å². The number of hydrogen-bond acceptors (Lipinski definition) is 2. The zero-order chi connectivity index (χ0) is 25.2. The fraction of sp³-hybridized carbons (Fsp3) is 0.212. The van der Waals surface area contributed by atoms with Gasteiger partial charge in [-0.15, -0.1) is 0 Å². The Hall–Kier alpha value is -3.33. The SMILES string of the molecule is CCN(CC)CCOc1ccc(/C(=C(/Cl)c2ccccc2)c2ccc(Cc3ccccc3)cc2)cc1. The van der Waals surface area contributed by atoms with E-state index in [0.29, 0.717) is 6.61 Å². The summed E-state index contributed by atoms with van der Waals surface area (Å²) in [5.41, 5.74) is 6.76. The molecule has 0 bridgehead atoms. The van der Waals surface area contributed by atoms with Gasteiger partial charge >= 0.3 is 0 Å². The summed E-state index contributed by atoms with van der Waals surface area (Å²) in [6.45, 7) is 8.03. The van der Waals surface area contributed by atoms with Gasteiger partial charge in [0.15, 0.2) is 0 Å². The Morgan fingerprint density at radius 3 is 1.75 bits per heavy atom. The van der Waals surface area contributed by atoms with Crippen molar-refractivity contribution >= 4 is 22.2 Å². The number of benzene rings is 4. The lowest BCUT2D eigenvalue weighted by Crippen LogP contribution is -2.27. The molecule has 0 unspecified atom stereocenters. The van der Waals surface area contributed by atoms with E-state index in [-0.39, 0.29) is 0 Å². The van der Waals surface area contributed by atoms with E-state index in [0.717, 1.165) is 59.1 Å². The molecule has 0 saturated heterocycles. The van der Waals surface area contributed by atoms with Crippen molar-refractivity contribution in [1.82, 2.24) is 4.90 Å². The van der Waals surface area contributed by atoms with Gasteiger partial charge in [0, 0.05) is 12.1 Å². The van der Waals surface area contributed by atoms with Gasteiger partial charge in [-0.3, -0.25) is 0 Å². The molecule has 0 saturated carbocycles. The molecule has 0 heterocycles. The quantitative estimate of drug-likeness (QED) is 0.195. The highest BCUT2D eigenvalue weighted by molar-refractivity contribution is 6.53. The molecule has 0 aliphatic carbocycles. The summed E-state index contributed by atoms with van der Waals surface area (Å²) in [4.78, 5) is 2.36. The predicted octanol–water partition coefficient (Wildman–Crippen LogP) is 8.15. The minimum absolute atomic E-state index is 0.678. The molecule has 0 aliphatic rings. The Morgan fingerprint density at radius 1 is 0.639 bits per heavy atom. The fourth-order valence-electron chi connectivity index (χ4n) is 4.32. The smallest absolute Gasteiger partial charge is 0.119 e. The monoisotopic (exact) mass is 495 g/mol. The molecular formula is C33H34ClNO. The maximum Gasteiger partial charge on any atom is 0.119 e. The van der Waals surface area contributed by atoms with E-state index in [9.17, 15) is 0 Å². The van der Waals surface area contributed by atoms with E-state index in [2.05, 4.69) is 97.6 Å². The van der Waals surface area contributed by atoms with Crippen LogP contribution in [-0.2, 0) is 6.42 Å². The lowest BCUT2D eigenvalue weighted by Gasteiger charge is -2.18. The highest BCUT2D eigenvalue weighted by Gasteiger charge is 2.13. The van der Waals surface area contributed by atoms with Gasteiger partial charge in [-0.1, -0.05) is 123 Å². The molecule has 4 rings (SSSR count). The summed E-state index contributed by atoms with van der Waals surface area (Å²) in [5.74, 6) is 0.874. The molecule has 4 aromatic rings. The molecule has 0 aromatic heterocycles. The molecule has 0 spiro atoms. The number of halogens is 1. The standard InChI is InChI=1S/C33H34ClNO/c1-3-35(4-2)23-24-36-31-21-19-29(20-22-31)32(33(34)30-13-9-6-10-14-30)28-17-15-27(16-18-28)25-26-11-7-5-8-12-26/h5-22H,3-4,23-25H2,1-2H3/b33-32+. The van der Waals surface area contributed by atoms with Gasteiger partial charge in [-0.2, -0.15) is 0 Å². The second kappa shape index (κ2) is 13.1. The predicted molar refractivity (Wildman–Crippen MR) is 154 cm³/mol. The van der Waals surface area contributed by atoms with Crippen molar-refractivity contribution in [3.8, 4) is 5.75 Å². The molecule has 0 N–H and O–H groups in total. The molecule has 0 aliphatic heterocycles. The van der Waals surface area contributed by atoms with Gasteiger partial charge < -0.3 is 9.64 Å². The van der Waals surface area contributed by atoms with Crippen LogP contribution in [-0.4, -0.2) is 31.1 Å². The third-order valence-electron chi connectivity index (χ3n) is 6.45. The summed E-state index contributed by atoms with van der Waals surface area (Å²) in [6.07, 6.45) is 0.909. The molecule has 0 amide bonds. The Balaban J connectivity index is 1.59. The first-order chi connectivity index (χ1) is 17.7. The van der Waals surface area contributed by atoms with Gasteiger partial charge in [-0.05, 0) is 59.5 Å². The second-order valence-electron chi connectivity index (χ2n) is 8.81. The summed E-state index contributed by atoms with van der Waals surface area (Å²) in [5, 5.41) is 0.738. The molecular weight excluding hydrogens is 462 g/mol. The van der Waals surface area contributed by atoms with Gasteiger partial charge in [0.05, 0.1) is 5.03 Å². The number of rotatable bonds is 11. The van der Waals surface area contributed by atoms with Crippen LogP contribution in [0.5, 0.6) is 5.75 Å². The average molecular weight is 496 g/mol. The van der Waals surface area contributed by atoms with E-state index in [4.69, 9.17) is 16.3 Å². The van der Waals surface area contributed by atoms with Gasteiger partial charge in [-0.25, -0.2) is 0 Å². The lowest BCUT2D eigenvalue weighted by molar-refractivity contribution is 0.223. The summed E-state index contributed by atoms with van der Waals surface area (Å²) in [7, 11) is 0. The molecule has 0 radical (unpaired) electrons.